The number of nitrogens with one attached hydrogen (secondary N) is 2. The van der Waals surface area contributed by atoms with Crippen molar-refractivity contribution in [3.05, 3.63) is 65.7 Å². The van der Waals surface area contributed by atoms with Crippen LogP contribution >= 0.6 is 0 Å². The largest absolute Gasteiger partial charge is 0.492 e. The van der Waals surface area contributed by atoms with Crippen molar-refractivity contribution >= 4 is 5.96 Å². The average Bonchev–Trinajstić information content (AvgIpc) is 2.74. The minimum absolute atomic E-state index is 0.301. The number of aliphatic imine (C=N–C) groups is 1. The van der Waals surface area contributed by atoms with Gasteiger partial charge >= 0.3 is 0 Å². The van der Waals surface area contributed by atoms with Crippen LogP contribution in [0.25, 0.3) is 0 Å². The van der Waals surface area contributed by atoms with Crippen molar-refractivity contribution in [1.82, 2.24) is 15.5 Å². The first kappa shape index (κ1) is 22.1. The number of benzene rings is 2. The smallest absolute Gasteiger partial charge is 0.191 e. The normalized spacial score (nSPS) is 20.0. The summed E-state index contributed by atoms with van der Waals surface area (Å²) in [6.07, 6.45) is 0.601. The average molecular weight is 411 g/mol. The molecule has 1 aliphatic heterocycles. The van der Waals surface area contributed by atoms with Gasteiger partial charge in [0.25, 0.3) is 0 Å². The third-order valence-corrected chi connectivity index (χ3v) is 5.01. The second kappa shape index (κ2) is 11.6. The van der Waals surface area contributed by atoms with Gasteiger partial charge in [-0.15, -0.1) is 0 Å². The Labute approximate surface area is 180 Å². The summed E-state index contributed by atoms with van der Waals surface area (Å²) < 4.78 is 11.5. The van der Waals surface area contributed by atoms with Gasteiger partial charge in [-0.05, 0) is 37.1 Å². The minimum atomic E-state index is 0.301. The summed E-state index contributed by atoms with van der Waals surface area (Å²) >= 11 is 0. The standard InChI is InChI=1S/C24H34N4O2/c1-19-16-28(17-20(2)30-19)18-22-11-9-21(10-12-22)15-27-24(25-3)26-13-14-29-23-7-5-4-6-8-23/h4-12,19-20H,13-18H2,1-3H3,(H2,25,26,27). The molecule has 0 bridgehead atoms. The fraction of sp³-hybridized carbons (Fsp3) is 0.458. The molecule has 2 aromatic rings. The molecular formula is C24H34N4O2. The maximum Gasteiger partial charge on any atom is 0.191 e. The van der Waals surface area contributed by atoms with Crippen molar-refractivity contribution in [2.24, 2.45) is 4.99 Å². The molecule has 0 amide bonds. The number of hydrogen-bond acceptors (Lipinski definition) is 4. The Morgan fingerprint density at radius 2 is 1.67 bits per heavy atom. The molecule has 2 unspecified atom stereocenters. The van der Waals surface area contributed by atoms with Crippen LogP contribution in [-0.4, -0.2) is 56.4 Å². The highest BCUT2D eigenvalue weighted by Gasteiger charge is 2.21. The number of ether oxygens (including phenoxy) is 2. The van der Waals surface area contributed by atoms with Crippen LogP contribution in [-0.2, 0) is 17.8 Å². The SMILES string of the molecule is CN=C(NCCOc1ccccc1)NCc1ccc(CN2CC(C)OC(C)C2)cc1. The lowest BCUT2D eigenvalue weighted by Crippen LogP contribution is -2.44. The van der Waals surface area contributed by atoms with Crippen molar-refractivity contribution in [1.29, 1.82) is 0 Å². The van der Waals surface area contributed by atoms with E-state index >= 15 is 0 Å². The van der Waals surface area contributed by atoms with Crippen LogP contribution in [0.5, 0.6) is 5.75 Å². The Balaban J connectivity index is 1.38. The van der Waals surface area contributed by atoms with Crippen LogP contribution in [0.15, 0.2) is 59.6 Å². The molecule has 30 heavy (non-hydrogen) atoms. The third kappa shape index (κ3) is 7.35. The van der Waals surface area contributed by atoms with Gasteiger partial charge in [0.15, 0.2) is 5.96 Å². The fourth-order valence-corrected chi connectivity index (χ4v) is 3.70. The Hall–Kier alpha value is -2.57. The highest BCUT2D eigenvalue weighted by molar-refractivity contribution is 5.79. The molecule has 2 N–H and O–H groups in total. The van der Waals surface area contributed by atoms with Crippen LogP contribution in [0, 0.1) is 0 Å². The van der Waals surface area contributed by atoms with Crippen LogP contribution < -0.4 is 15.4 Å². The zero-order chi connectivity index (χ0) is 21.2. The molecule has 1 fully saturated rings. The Bertz CT molecular complexity index is 770. The van der Waals surface area contributed by atoms with E-state index in [1.807, 2.05) is 30.3 Å². The molecule has 162 valence electrons. The van der Waals surface area contributed by atoms with Gasteiger partial charge in [-0.1, -0.05) is 42.5 Å². The van der Waals surface area contributed by atoms with Crippen LogP contribution in [0.3, 0.4) is 0 Å². The van der Waals surface area contributed by atoms with E-state index in [9.17, 15) is 0 Å². The number of morpholine rings is 1. The number of nitrogens with zero attached hydrogens (tertiary/aromatic N) is 2. The minimum Gasteiger partial charge on any atom is -0.492 e. The summed E-state index contributed by atoms with van der Waals surface area (Å²) in [7, 11) is 1.78. The molecule has 3 rings (SSSR count). The van der Waals surface area contributed by atoms with E-state index in [-0.39, 0.29) is 0 Å². The molecule has 0 aliphatic carbocycles. The van der Waals surface area contributed by atoms with Crippen LogP contribution in [0.1, 0.15) is 25.0 Å². The van der Waals surface area contributed by atoms with Gasteiger partial charge in [0.1, 0.15) is 12.4 Å². The van der Waals surface area contributed by atoms with Gasteiger partial charge in [-0.3, -0.25) is 9.89 Å². The second-order valence-corrected chi connectivity index (χ2v) is 7.78. The lowest BCUT2D eigenvalue weighted by atomic mass is 10.1. The predicted molar refractivity (Wildman–Crippen MR) is 122 cm³/mol. The summed E-state index contributed by atoms with van der Waals surface area (Å²) in [5.41, 5.74) is 2.56. The van der Waals surface area contributed by atoms with E-state index in [4.69, 9.17) is 9.47 Å². The maximum absolute atomic E-state index is 5.82. The molecule has 0 aromatic heterocycles. The Morgan fingerprint density at radius 1 is 1.00 bits per heavy atom. The summed E-state index contributed by atoms with van der Waals surface area (Å²) in [5.74, 6) is 1.65. The molecule has 0 spiro atoms. The Kier molecular flexibility index (Phi) is 8.53. The summed E-state index contributed by atoms with van der Waals surface area (Å²) in [4.78, 5) is 6.74. The van der Waals surface area contributed by atoms with Gasteiger partial charge in [-0.2, -0.15) is 0 Å². The number of rotatable bonds is 8. The molecule has 6 heteroatoms. The van der Waals surface area contributed by atoms with Gasteiger partial charge in [-0.25, -0.2) is 0 Å². The molecule has 1 heterocycles. The van der Waals surface area contributed by atoms with Gasteiger partial charge in [0.2, 0.25) is 0 Å². The molecular weight excluding hydrogens is 376 g/mol. The summed E-state index contributed by atoms with van der Waals surface area (Å²) in [6, 6.07) is 18.6. The van der Waals surface area contributed by atoms with Crippen molar-refractivity contribution in [2.75, 3.05) is 33.3 Å². The third-order valence-electron chi connectivity index (χ3n) is 5.01. The number of hydrogen-bond donors (Lipinski definition) is 2. The topological polar surface area (TPSA) is 58.1 Å². The van der Waals surface area contributed by atoms with E-state index in [1.54, 1.807) is 7.05 Å². The molecule has 0 radical (unpaired) electrons. The molecule has 6 nitrogen and oxygen atoms in total. The van der Waals surface area contributed by atoms with Crippen LogP contribution in [0.2, 0.25) is 0 Å². The first-order valence-corrected chi connectivity index (χ1v) is 10.7. The van der Waals surface area contributed by atoms with Crippen molar-refractivity contribution in [2.45, 2.75) is 39.1 Å². The zero-order valence-corrected chi connectivity index (χ0v) is 18.3. The Morgan fingerprint density at radius 3 is 2.33 bits per heavy atom. The number of para-hydroxylation sites is 1. The molecule has 0 saturated carbocycles. The summed E-state index contributed by atoms with van der Waals surface area (Å²) in [5, 5.41) is 6.63. The first-order valence-electron chi connectivity index (χ1n) is 10.7. The highest BCUT2D eigenvalue weighted by atomic mass is 16.5. The quantitative estimate of drug-likeness (QED) is 0.398. The first-order chi connectivity index (χ1) is 14.6. The predicted octanol–water partition coefficient (Wildman–Crippen LogP) is 3.04. The maximum atomic E-state index is 5.82. The van der Waals surface area contributed by atoms with Crippen molar-refractivity contribution < 1.29 is 9.47 Å². The van der Waals surface area contributed by atoms with Gasteiger partial charge in [0, 0.05) is 33.2 Å². The second-order valence-electron chi connectivity index (χ2n) is 7.78. The zero-order valence-electron chi connectivity index (χ0n) is 18.3. The van der Waals surface area contributed by atoms with E-state index in [0.29, 0.717) is 25.4 Å². The van der Waals surface area contributed by atoms with Gasteiger partial charge < -0.3 is 20.1 Å². The van der Waals surface area contributed by atoms with Crippen molar-refractivity contribution in [3.63, 3.8) is 0 Å². The van der Waals surface area contributed by atoms with E-state index in [1.165, 1.54) is 11.1 Å². The summed E-state index contributed by atoms with van der Waals surface area (Å²) in [6.45, 7) is 9.23. The lowest BCUT2D eigenvalue weighted by molar-refractivity contribution is -0.0704. The fourth-order valence-electron chi connectivity index (χ4n) is 3.70. The van der Waals surface area contributed by atoms with E-state index in [0.717, 1.165) is 37.9 Å². The van der Waals surface area contributed by atoms with Crippen LogP contribution in [0.4, 0.5) is 0 Å². The van der Waals surface area contributed by atoms with E-state index < -0.39 is 0 Å². The van der Waals surface area contributed by atoms with Gasteiger partial charge in [0.05, 0.1) is 18.8 Å². The molecule has 1 aliphatic rings. The van der Waals surface area contributed by atoms with E-state index in [2.05, 4.69) is 58.6 Å². The highest BCUT2D eigenvalue weighted by Crippen LogP contribution is 2.15. The van der Waals surface area contributed by atoms with Crippen molar-refractivity contribution in [3.8, 4) is 5.75 Å². The molecule has 1 saturated heterocycles. The lowest BCUT2D eigenvalue weighted by Gasteiger charge is -2.35. The molecule has 2 aromatic carbocycles. The molecule has 2 atom stereocenters. The number of guanidine groups is 1. The monoisotopic (exact) mass is 410 g/mol.